The van der Waals surface area contributed by atoms with E-state index >= 15 is 0 Å². The first-order valence-electron chi connectivity index (χ1n) is 13.1. The van der Waals surface area contributed by atoms with Crippen molar-refractivity contribution in [3.05, 3.63) is 46.8 Å². The average Bonchev–Trinajstić information content (AvgIpc) is 3.30. The Morgan fingerprint density at radius 2 is 1.98 bits per heavy atom. The van der Waals surface area contributed by atoms with Crippen molar-refractivity contribution in [3.8, 4) is 17.6 Å². The third kappa shape index (κ3) is 6.76. The van der Waals surface area contributed by atoms with Gasteiger partial charge < -0.3 is 24.8 Å². The highest BCUT2D eigenvalue weighted by Crippen LogP contribution is 2.42. The maximum atomic E-state index is 14.9. The Morgan fingerprint density at radius 3 is 2.62 bits per heavy atom. The number of nitrogens with one attached hydrogen (secondary N) is 2. The van der Waals surface area contributed by atoms with Crippen LogP contribution in [0.5, 0.6) is 5.75 Å². The Balaban J connectivity index is 1.60. The molecule has 0 spiro atoms. The van der Waals surface area contributed by atoms with E-state index in [2.05, 4.69) is 22.5 Å². The fourth-order valence-corrected chi connectivity index (χ4v) is 6.83. The molecular weight excluding hydrogens is 561 g/mol. The number of likely N-dealkylation sites (tertiary alicyclic amines) is 1. The number of ether oxygens (including phenoxy) is 1. The highest BCUT2D eigenvalue weighted by Gasteiger charge is 2.31. The molecular formula is C29H34F4N3O2PS. The van der Waals surface area contributed by atoms with E-state index in [0.29, 0.717) is 45.5 Å². The minimum Gasteiger partial charge on any atom is -0.495 e. The summed E-state index contributed by atoms with van der Waals surface area (Å²) in [5, 5.41) is 7.39. The lowest BCUT2D eigenvalue weighted by Gasteiger charge is -2.35. The number of piperidine rings is 1. The molecule has 1 aromatic heterocycles. The molecule has 3 atom stereocenters. The molecule has 40 heavy (non-hydrogen) atoms. The van der Waals surface area contributed by atoms with E-state index in [4.69, 9.17) is 4.74 Å². The van der Waals surface area contributed by atoms with Crippen molar-refractivity contribution in [3.63, 3.8) is 0 Å². The molecule has 0 bridgehead atoms. The number of halogens is 4. The van der Waals surface area contributed by atoms with Crippen LogP contribution < -0.4 is 20.7 Å². The molecule has 216 valence electrons. The molecule has 2 N–H and O–H groups in total. The van der Waals surface area contributed by atoms with Gasteiger partial charge in [0.1, 0.15) is 19.1 Å². The summed E-state index contributed by atoms with van der Waals surface area (Å²) >= 11 is 1.12. The Morgan fingerprint density at radius 1 is 1.20 bits per heavy atom. The Kier molecular flexibility index (Phi) is 9.71. The Hall–Kier alpha value is -2.73. The van der Waals surface area contributed by atoms with Gasteiger partial charge in [-0.3, -0.25) is 0 Å². The monoisotopic (exact) mass is 595 g/mol. The smallest absolute Gasteiger partial charge is 0.273 e. The van der Waals surface area contributed by atoms with Gasteiger partial charge in [-0.2, -0.15) is 0 Å². The van der Waals surface area contributed by atoms with Crippen molar-refractivity contribution < 1.29 is 26.9 Å². The van der Waals surface area contributed by atoms with Crippen LogP contribution in [0.3, 0.4) is 0 Å². The third-order valence-electron chi connectivity index (χ3n) is 7.04. The first kappa shape index (κ1) is 30.2. The number of nitrogens with zero attached hydrogens (tertiary/aromatic N) is 1. The molecule has 0 radical (unpaired) electrons. The number of hydrogen-bond acceptors (Lipinski definition) is 6. The molecule has 3 aromatic rings. The topological polar surface area (TPSA) is 53.6 Å². The number of fused-ring (bicyclic) bond motifs is 1. The largest absolute Gasteiger partial charge is 0.495 e. The maximum Gasteiger partial charge on any atom is 0.273 e. The SMILES string of the molecule is CCN1CCC(Nc2cccc3c(C(F)C(F)F)c(C#CCNc4ccc(P(C)(C)=O)cc4OC)sc23)C(F)C1. The minimum atomic E-state index is -3.21. The predicted molar refractivity (Wildman–Crippen MR) is 158 cm³/mol. The van der Waals surface area contributed by atoms with Crippen LogP contribution in [0.2, 0.25) is 0 Å². The third-order valence-corrected chi connectivity index (χ3v) is 9.73. The van der Waals surface area contributed by atoms with Gasteiger partial charge in [0.15, 0.2) is 6.17 Å². The molecule has 0 saturated carbocycles. The molecule has 1 aliphatic rings. The van der Waals surface area contributed by atoms with Crippen molar-refractivity contribution in [1.29, 1.82) is 0 Å². The zero-order valence-electron chi connectivity index (χ0n) is 22.9. The van der Waals surface area contributed by atoms with Gasteiger partial charge in [0.05, 0.1) is 40.6 Å². The summed E-state index contributed by atoms with van der Waals surface area (Å²) < 4.78 is 75.2. The van der Waals surface area contributed by atoms with Crippen molar-refractivity contribution in [2.45, 2.75) is 38.2 Å². The highest BCUT2D eigenvalue weighted by atomic mass is 32.1. The standard InChI is InChI=1S/C29H34F4N3O2PS/c1-5-36-15-13-21(20(30)17-36)35-23-9-6-8-19-26(27(31)29(32)33)25(40-28(19)23)10-7-14-34-22-12-11-18(39(3,4)37)16-24(22)38-2/h6,8-9,11-12,16,20-21,27,29,34-35H,5,13-15,17H2,1-4H3. The first-order valence-corrected chi connectivity index (χ1v) is 16.5. The number of alkyl halides is 4. The molecule has 11 heteroatoms. The summed E-state index contributed by atoms with van der Waals surface area (Å²) in [5.74, 6) is 6.27. The summed E-state index contributed by atoms with van der Waals surface area (Å²) in [5.41, 5.74) is 1.07. The number of methoxy groups -OCH3 is 1. The van der Waals surface area contributed by atoms with E-state index in [9.17, 15) is 22.1 Å². The van der Waals surface area contributed by atoms with E-state index in [1.165, 1.54) is 7.11 Å². The quantitative estimate of drug-likeness (QED) is 0.163. The predicted octanol–water partition coefficient (Wildman–Crippen LogP) is 6.74. The van der Waals surface area contributed by atoms with Gasteiger partial charge in [-0.05, 0) is 50.6 Å². The maximum absolute atomic E-state index is 14.9. The van der Waals surface area contributed by atoms with Gasteiger partial charge >= 0.3 is 0 Å². The molecule has 1 fully saturated rings. The second-order valence-electron chi connectivity index (χ2n) is 10.1. The minimum absolute atomic E-state index is 0.134. The van der Waals surface area contributed by atoms with Gasteiger partial charge in [-0.25, -0.2) is 17.6 Å². The van der Waals surface area contributed by atoms with Crippen LogP contribution in [0.4, 0.5) is 28.9 Å². The van der Waals surface area contributed by atoms with E-state index in [0.717, 1.165) is 24.4 Å². The molecule has 3 unspecified atom stereocenters. The molecule has 1 saturated heterocycles. The Labute approximate surface area is 236 Å². The van der Waals surface area contributed by atoms with Crippen LogP contribution in [0.25, 0.3) is 10.1 Å². The molecule has 5 nitrogen and oxygen atoms in total. The first-order chi connectivity index (χ1) is 19.0. The van der Waals surface area contributed by atoms with Crippen molar-refractivity contribution >= 4 is 45.2 Å². The van der Waals surface area contributed by atoms with Crippen molar-refractivity contribution in [1.82, 2.24) is 4.90 Å². The molecule has 2 aromatic carbocycles. The van der Waals surface area contributed by atoms with Gasteiger partial charge in [-0.1, -0.05) is 30.9 Å². The molecule has 1 aliphatic heterocycles. The summed E-state index contributed by atoms with van der Waals surface area (Å²) in [4.78, 5) is 2.25. The normalized spacial score (nSPS) is 18.8. The zero-order chi connectivity index (χ0) is 29.0. The number of hydrogen-bond donors (Lipinski definition) is 2. The molecule has 0 amide bonds. The molecule has 0 aliphatic carbocycles. The van der Waals surface area contributed by atoms with Crippen LogP contribution in [0.1, 0.15) is 30.0 Å². The fourth-order valence-electron chi connectivity index (χ4n) is 4.79. The van der Waals surface area contributed by atoms with Crippen LogP contribution in [-0.2, 0) is 4.57 Å². The lowest BCUT2D eigenvalue weighted by Crippen LogP contribution is -2.47. The highest BCUT2D eigenvalue weighted by molar-refractivity contribution is 7.70. The van der Waals surface area contributed by atoms with Gasteiger partial charge in [-0.15, -0.1) is 11.3 Å². The second-order valence-corrected chi connectivity index (χ2v) is 14.3. The van der Waals surface area contributed by atoms with Gasteiger partial charge in [0.25, 0.3) is 6.43 Å². The molecule has 2 heterocycles. The number of rotatable bonds is 9. The molecule has 4 rings (SSSR count). The van der Waals surface area contributed by atoms with Gasteiger partial charge in [0.2, 0.25) is 0 Å². The van der Waals surface area contributed by atoms with E-state index in [1.54, 1.807) is 49.7 Å². The Bertz CT molecular complexity index is 1450. The van der Waals surface area contributed by atoms with Crippen LogP contribution >= 0.6 is 18.5 Å². The summed E-state index contributed by atoms with van der Waals surface area (Å²) in [6, 6.07) is 9.80. The summed E-state index contributed by atoms with van der Waals surface area (Å²) in [6.45, 7) is 7.33. The summed E-state index contributed by atoms with van der Waals surface area (Å²) in [6.07, 6.45) is -6.20. The van der Waals surface area contributed by atoms with E-state index in [1.807, 2.05) is 11.8 Å². The lowest BCUT2D eigenvalue weighted by molar-refractivity contribution is 0.0504. The van der Waals surface area contributed by atoms with E-state index in [-0.39, 0.29) is 17.0 Å². The van der Waals surface area contributed by atoms with E-state index < -0.39 is 32.0 Å². The van der Waals surface area contributed by atoms with Crippen LogP contribution in [0.15, 0.2) is 36.4 Å². The number of thiophene rings is 1. The summed E-state index contributed by atoms with van der Waals surface area (Å²) in [7, 11) is -0.966. The average molecular weight is 596 g/mol. The van der Waals surface area contributed by atoms with Gasteiger partial charge in [0, 0.05) is 29.3 Å². The lowest BCUT2D eigenvalue weighted by atomic mass is 10.0. The zero-order valence-corrected chi connectivity index (χ0v) is 24.7. The second kappa shape index (κ2) is 12.8. The van der Waals surface area contributed by atoms with Crippen molar-refractivity contribution in [2.75, 3.05) is 57.3 Å². The van der Waals surface area contributed by atoms with Crippen LogP contribution in [-0.4, -0.2) is 70.2 Å². The van der Waals surface area contributed by atoms with Crippen molar-refractivity contribution in [2.24, 2.45) is 0 Å². The number of anilines is 2. The van der Waals surface area contributed by atoms with Crippen LogP contribution in [0, 0.1) is 11.8 Å². The fraction of sp³-hybridized carbons (Fsp3) is 0.448. The number of benzene rings is 2.